The Morgan fingerprint density at radius 1 is 1.30 bits per heavy atom. The molecule has 0 spiro atoms. The molecule has 112 valence electrons. The number of rotatable bonds is 7. The van der Waals surface area contributed by atoms with Crippen LogP contribution in [-0.2, 0) is 22.7 Å². The summed E-state index contributed by atoms with van der Waals surface area (Å²) in [7, 11) is 0. The molecule has 8 nitrogen and oxygen atoms in total. The van der Waals surface area contributed by atoms with Crippen molar-refractivity contribution < 1.29 is 19.7 Å². The molecule has 1 aromatic heterocycles. The van der Waals surface area contributed by atoms with Crippen molar-refractivity contribution in [2.45, 2.75) is 18.3 Å². The van der Waals surface area contributed by atoms with Gasteiger partial charge in [-0.3, -0.25) is 9.69 Å². The minimum atomic E-state index is -0.900. The Morgan fingerprint density at radius 2 is 2.05 bits per heavy atom. The molecule has 0 aromatic carbocycles. The van der Waals surface area contributed by atoms with Gasteiger partial charge in [0.2, 0.25) is 0 Å². The number of thioether (sulfide) groups is 1. The smallest absolute Gasteiger partial charge is 0.313 e. The molecule has 0 atom stereocenters. The van der Waals surface area contributed by atoms with Gasteiger partial charge >= 0.3 is 5.97 Å². The number of aromatic nitrogens is 3. The first-order valence-corrected chi connectivity index (χ1v) is 7.37. The molecule has 1 saturated heterocycles. The molecule has 9 heteroatoms. The van der Waals surface area contributed by atoms with E-state index in [0.717, 1.165) is 44.6 Å². The molecule has 1 aromatic rings. The van der Waals surface area contributed by atoms with Gasteiger partial charge in [0.1, 0.15) is 6.61 Å². The van der Waals surface area contributed by atoms with Gasteiger partial charge in [0, 0.05) is 26.2 Å². The molecule has 0 radical (unpaired) electrons. The zero-order valence-corrected chi connectivity index (χ0v) is 11.9. The number of aliphatic hydroxyl groups is 1. The maximum atomic E-state index is 10.6. The van der Waals surface area contributed by atoms with Gasteiger partial charge in [0.25, 0.3) is 0 Å². The second-order valence-corrected chi connectivity index (χ2v) is 5.29. The zero-order valence-electron chi connectivity index (χ0n) is 11.1. The molecule has 1 aliphatic heterocycles. The van der Waals surface area contributed by atoms with Crippen LogP contribution in [0.5, 0.6) is 0 Å². The lowest BCUT2D eigenvalue weighted by Crippen LogP contribution is -2.38. The van der Waals surface area contributed by atoms with Crippen LogP contribution < -0.4 is 0 Å². The summed E-state index contributed by atoms with van der Waals surface area (Å²) in [5, 5.41) is 26.3. The molecule has 0 amide bonds. The predicted octanol–water partition coefficient (Wildman–Crippen LogP) is -0.721. The second-order valence-electron chi connectivity index (χ2n) is 4.34. The third-order valence-corrected chi connectivity index (χ3v) is 3.95. The van der Waals surface area contributed by atoms with Gasteiger partial charge in [0.15, 0.2) is 11.0 Å². The van der Waals surface area contributed by atoms with Crippen molar-refractivity contribution in [3.05, 3.63) is 5.82 Å². The van der Waals surface area contributed by atoms with Crippen LogP contribution in [0, 0.1) is 0 Å². The number of ether oxygens (including phenoxy) is 1. The van der Waals surface area contributed by atoms with Gasteiger partial charge in [-0.25, -0.2) is 0 Å². The highest BCUT2D eigenvalue weighted by Crippen LogP contribution is 2.17. The summed E-state index contributed by atoms with van der Waals surface area (Å²) >= 11 is 1.11. The van der Waals surface area contributed by atoms with Crippen LogP contribution in [0.4, 0.5) is 0 Å². The summed E-state index contributed by atoms with van der Waals surface area (Å²) in [4.78, 5) is 12.9. The standard InChI is InChI=1S/C11H18N4O4S/c16-7-9-12-13-11(20-8-10(17)18)15(9)2-1-14-3-5-19-6-4-14/h16H,1-8H2,(H,17,18). The zero-order chi connectivity index (χ0) is 14.4. The summed E-state index contributed by atoms with van der Waals surface area (Å²) in [6.07, 6.45) is 0. The van der Waals surface area contributed by atoms with Gasteiger partial charge in [-0.15, -0.1) is 10.2 Å². The van der Waals surface area contributed by atoms with Crippen LogP contribution in [0.25, 0.3) is 0 Å². The molecule has 0 aliphatic carbocycles. The van der Waals surface area contributed by atoms with E-state index in [9.17, 15) is 9.90 Å². The summed E-state index contributed by atoms with van der Waals surface area (Å²) < 4.78 is 7.07. The van der Waals surface area contributed by atoms with Crippen molar-refractivity contribution in [2.24, 2.45) is 0 Å². The molecule has 20 heavy (non-hydrogen) atoms. The number of morpholine rings is 1. The van der Waals surface area contributed by atoms with Crippen LogP contribution in [0.15, 0.2) is 5.16 Å². The van der Waals surface area contributed by atoms with E-state index >= 15 is 0 Å². The molecule has 1 fully saturated rings. The summed E-state index contributed by atoms with van der Waals surface area (Å²) in [6.45, 7) is 4.46. The fourth-order valence-electron chi connectivity index (χ4n) is 1.96. The number of hydrogen-bond donors (Lipinski definition) is 2. The van der Waals surface area contributed by atoms with Crippen LogP contribution in [0.3, 0.4) is 0 Å². The molecule has 1 aliphatic rings. The van der Waals surface area contributed by atoms with E-state index in [1.54, 1.807) is 4.57 Å². The van der Waals surface area contributed by atoms with Crippen LogP contribution in [-0.4, -0.2) is 74.4 Å². The van der Waals surface area contributed by atoms with Gasteiger partial charge in [-0.05, 0) is 0 Å². The highest BCUT2D eigenvalue weighted by Gasteiger charge is 2.15. The van der Waals surface area contributed by atoms with E-state index in [4.69, 9.17) is 9.84 Å². The van der Waals surface area contributed by atoms with E-state index in [-0.39, 0.29) is 12.4 Å². The van der Waals surface area contributed by atoms with Crippen molar-refractivity contribution in [2.75, 3.05) is 38.6 Å². The van der Waals surface area contributed by atoms with Crippen LogP contribution in [0.2, 0.25) is 0 Å². The van der Waals surface area contributed by atoms with Gasteiger partial charge in [-0.2, -0.15) is 0 Å². The Balaban J connectivity index is 1.96. The monoisotopic (exact) mass is 302 g/mol. The van der Waals surface area contributed by atoms with E-state index in [2.05, 4.69) is 15.1 Å². The lowest BCUT2D eigenvalue weighted by Gasteiger charge is -2.26. The largest absolute Gasteiger partial charge is 0.481 e. The lowest BCUT2D eigenvalue weighted by molar-refractivity contribution is -0.133. The minimum absolute atomic E-state index is 0.0683. The van der Waals surface area contributed by atoms with Crippen molar-refractivity contribution in [1.29, 1.82) is 0 Å². The Kier molecular flexibility index (Phi) is 5.77. The van der Waals surface area contributed by atoms with E-state index in [0.29, 0.717) is 17.5 Å². The highest BCUT2D eigenvalue weighted by atomic mass is 32.2. The quantitative estimate of drug-likeness (QED) is 0.636. The Labute approximate surface area is 120 Å². The Hall–Kier alpha value is -1.16. The van der Waals surface area contributed by atoms with Gasteiger partial charge < -0.3 is 19.5 Å². The van der Waals surface area contributed by atoms with E-state index in [1.165, 1.54) is 0 Å². The van der Waals surface area contributed by atoms with Crippen LogP contribution in [0.1, 0.15) is 5.82 Å². The number of nitrogens with zero attached hydrogens (tertiary/aromatic N) is 4. The Morgan fingerprint density at radius 3 is 2.70 bits per heavy atom. The maximum absolute atomic E-state index is 10.6. The normalized spacial score (nSPS) is 16.4. The van der Waals surface area contributed by atoms with Gasteiger partial charge in [0.05, 0.1) is 19.0 Å². The first-order valence-electron chi connectivity index (χ1n) is 6.38. The summed E-state index contributed by atoms with van der Waals surface area (Å²) in [5.41, 5.74) is 0. The van der Waals surface area contributed by atoms with Crippen molar-refractivity contribution in [3.63, 3.8) is 0 Å². The summed E-state index contributed by atoms with van der Waals surface area (Å²) in [6, 6.07) is 0. The number of hydrogen-bond acceptors (Lipinski definition) is 7. The highest BCUT2D eigenvalue weighted by molar-refractivity contribution is 7.99. The summed E-state index contributed by atoms with van der Waals surface area (Å²) in [5.74, 6) is -0.504. The van der Waals surface area contributed by atoms with Crippen molar-refractivity contribution >= 4 is 17.7 Å². The van der Waals surface area contributed by atoms with E-state index < -0.39 is 5.97 Å². The average molecular weight is 302 g/mol. The van der Waals surface area contributed by atoms with Crippen molar-refractivity contribution in [3.8, 4) is 0 Å². The molecule has 0 bridgehead atoms. The maximum Gasteiger partial charge on any atom is 0.313 e. The molecule has 2 heterocycles. The molecule has 2 rings (SSSR count). The number of carbonyl (C=O) groups is 1. The lowest BCUT2D eigenvalue weighted by atomic mass is 10.4. The molecule has 0 unspecified atom stereocenters. The third-order valence-electron chi connectivity index (χ3n) is 3.00. The Bertz CT molecular complexity index is 448. The topological polar surface area (TPSA) is 101 Å². The molecule has 0 saturated carbocycles. The molecular formula is C11H18N4O4S. The number of carboxylic acid groups (broad SMARTS) is 1. The fourth-order valence-corrected chi connectivity index (χ4v) is 2.66. The number of carboxylic acids is 1. The minimum Gasteiger partial charge on any atom is -0.481 e. The third kappa shape index (κ3) is 4.17. The van der Waals surface area contributed by atoms with E-state index in [1.807, 2.05) is 0 Å². The number of aliphatic hydroxyl groups excluding tert-OH is 1. The average Bonchev–Trinajstić information content (AvgIpc) is 2.86. The first kappa shape index (κ1) is 15.2. The first-order chi connectivity index (χ1) is 9.70. The molecular weight excluding hydrogens is 284 g/mol. The second kappa shape index (κ2) is 7.58. The number of aliphatic carboxylic acids is 1. The fraction of sp³-hybridized carbons (Fsp3) is 0.727. The van der Waals surface area contributed by atoms with Crippen LogP contribution >= 0.6 is 11.8 Å². The van der Waals surface area contributed by atoms with Gasteiger partial charge in [-0.1, -0.05) is 11.8 Å². The predicted molar refractivity (Wildman–Crippen MR) is 71.6 cm³/mol. The SMILES string of the molecule is O=C(O)CSc1nnc(CO)n1CCN1CCOCC1. The molecule has 2 N–H and O–H groups in total. The van der Waals surface area contributed by atoms with Crippen molar-refractivity contribution in [1.82, 2.24) is 19.7 Å².